The monoisotopic (exact) mass is 224 g/mol. The highest BCUT2D eigenvalue weighted by Gasteiger charge is 2.18. The van der Waals surface area contributed by atoms with Crippen LogP contribution in [0, 0.1) is 0 Å². The predicted octanol–water partition coefficient (Wildman–Crippen LogP) is 0.632. The maximum atomic E-state index is 11.9. The molecule has 1 aromatic heterocycles. The molecular weight excluding hydrogens is 208 g/mol. The van der Waals surface area contributed by atoms with Crippen molar-refractivity contribution in [1.29, 1.82) is 0 Å². The smallest absolute Gasteiger partial charge is 0.276 e. The quantitative estimate of drug-likeness (QED) is 0.769. The molecule has 0 fully saturated rings. The number of aliphatic hydroxyl groups excluding tert-OH is 1. The van der Waals surface area contributed by atoms with Gasteiger partial charge in [-0.1, -0.05) is 6.92 Å². The highest BCUT2D eigenvalue weighted by atomic mass is 16.3. The molecule has 1 amide bonds. The van der Waals surface area contributed by atoms with Crippen LogP contribution >= 0.6 is 0 Å². The van der Waals surface area contributed by atoms with Gasteiger partial charge < -0.3 is 15.1 Å². The maximum Gasteiger partial charge on any atom is 0.276 e. The molecule has 0 aliphatic carbocycles. The molecule has 5 heteroatoms. The fraction of sp³-hybridized carbons (Fsp3) is 0.455. The predicted molar refractivity (Wildman–Crippen MR) is 59.2 cm³/mol. The second kappa shape index (κ2) is 6.07. The lowest BCUT2D eigenvalue weighted by Gasteiger charge is -2.20. The lowest BCUT2D eigenvalue weighted by molar-refractivity contribution is 0.0712. The van der Waals surface area contributed by atoms with E-state index in [9.17, 15) is 9.90 Å². The van der Waals surface area contributed by atoms with Crippen molar-refractivity contribution in [3.63, 3.8) is 0 Å². The van der Waals surface area contributed by atoms with Crippen LogP contribution < -0.4 is 0 Å². The standard InChI is InChI=1S/C11H16N2O3/c1-2-6-13(7-8-14)11(16)10-9(15)4-3-5-12-10/h3-5,14-15H,2,6-8H2,1H3. The van der Waals surface area contributed by atoms with Crippen molar-refractivity contribution in [3.05, 3.63) is 24.0 Å². The summed E-state index contributed by atoms with van der Waals surface area (Å²) >= 11 is 0. The topological polar surface area (TPSA) is 73.7 Å². The number of aromatic nitrogens is 1. The van der Waals surface area contributed by atoms with Crippen molar-refractivity contribution < 1.29 is 15.0 Å². The number of aromatic hydroxyl groups is 1. The second-order valence-electron chi connectivity index (χ2n) is 3.39. The highest BCUT2D eigenvalue weighted by molar-refractivity contribution is 5.94. The third kappa shape index (κ3) is 2.93. The van der Waals surface area contributed by atoms with Gasteiger partial charge in [0, 0.05) is 19.3 Å². The Labute approximate surface area is 94.4 Å². The number of pyridine rings is 1. The van der Waals surface area contributed by atoms with Crippen molar-refractivity contribution >= 4 is 5.91 Å². The lowest BCUT2D eigenvalue weighted by Crippen LogP contribution is -2.34. The largest absolute Gasteiger partial charge is 0.505 e. The summed E-state index contributed by atoms with van der Waals surface area (Å²) in [6.07, 6.45) is 2.25. The van der Waals surface area contributed by atoms with Crippen LogP contribution in [0.2, 0.25) is 0 Å². The molecule has 5 nitrogen and oxygen atoms in total. The van der Waals surface area contributed by atoms with Gasteiger partial charge in [0.15, 0.2) is 5.69 Å². The van der Waals surface area contributed by atoms with E-state index in [0.29, 0.717) is 6.54 Å². The average Bonchev–Trinajstić information content (AvgIpc) is 2.28. The summed E-state index contributed by atoms with van der Waals surface area (Å²) in [7, 11) is 0. The van der Waals surface area contributed by atoms with Crippen molar-refractivity contribution in [1.82, 2.24) is 9.88 Å². The zero-order valence-electron chi connectivity index (χ0n) is 9.26. The summed E-state index contributed by atoms with van der Waals surface area (Å²) in [4.78, 5) is 17.3. The molecular formula is C11H16N2O3. The summed E-state index contributed by atoms with van der Waals surface area (Å²) in [5.41, 5.74) is 0.0319. The first-order chi connectivity index (χ1) is 7.70. The fourth-order valence-electron chi connectivity index (χ4n) is 1.42. The Morgan fingerprint density at radius 2 is 2.25 bits per heavy atom. The van der Waals surface area contributed by atoms with Gasteiger partial charge in [0.2, 0.25) is 0 Å². The molecule has 0 atom stereocenters. The normalized spacial score (nSPS) is 10.1. The molecule has 0 unspecified atom stereocenters. The lowest BCUT2D eigenvalue weighted by atomic mass is 10.2. The number of rotatable bonds is 5. The Kier molecular flexibility index (Phi) is 4.72. The van der Waals surface area contributed by atoms with Gasteiger partial charge in [-0.2, -0.15) is 0 Å². The number of hydrogen-bond acceptors (Lipinski definition) is 4. The van der Waals surface area contributed by atoms with Crippen LogP contribution in [0.1, 0.15) is 23.8 Å². The Balaban J connectivity index is 2.85. The Morgan fingerprint density at radius 3 is 2.81 bits per heavy atom. The summed E-state index contributed by atoms with van der Waals surface area (Å²) in [6, 6.07) is 2.98. The molecule has 2 N–H and O–H groups in total. The average molecular weight is 224 g/mol. The maximum absolute atomic E-state index is 11.9. The van der Waals surface area contributed by atoms with E-state index in [4.69, 9.17) is 5.11 Å². The van der Waals surface area contributed by atoms with Crippen LogP contribution in [0.5, 0.6) is 5.75 Å². The zero-order valence-corrected chi connectivity index (χ0v) is 9.26. The SMILES string of the molecule is CCCN(CCO)C(=O)c1ncccc1O. The van der Waals surface area contributed by atoms with Gasteiger partial charge in [0.1, 0.15) is 5.75 Å². The van der Waals surface area contributed by atoms with E-state index in [-0.39, 0.29) is 30.5 Å². The number of carbonyl (C=O) groups is 1. The van der Waals surface area contributed by atoms with Crippen LogP contribution in [0.4, 0.5) is 0 Å². The van der Waals surface area contributed by atoms with Crippen LogP contribution in [-0.2, 0) is 0 Å². The van der Waals surface area contributed by atoms with Crippen LogP contribution in [0.15, 0.2) is 18.3 Å². The van der Waals surface area contributed by atoms with Gasteiger partial charge in [-0.25, -0.2) is 4.98 Å². The molecule has 88 valence electrons. The molecule has 1 heterocycles. The van der Waals surface area contributed by atoms with E-state index in [1.54, 1.807) is 6.07 Å². The summed E-state index contributed by atoms with van der Waals surface area (Å²) in [5, 5.41) is 18.3. The molecule has 0 bridgehead atoms. The summed E-state index contributed by atoms with van der Waals surface area (Å²) in [5.74, 6) is -0.486. The molecule has 1 aromatic rings. The van der Waals surface area contributed by atoms with E-state index in [1.807, 2.05) is 6.92 Å². The third-order valence-corrected chi connectivity index (χ3v) is 2.14. The van der Waals surface area contributed by atoms with Crippen molar-refractivity contribution in [2.24, 2.45) is 0 Å². The van der Waals surface area contributed by atoms with Crippen molar-refractivity contribution in [3.8, 4) is 5.75 Å². The van der Waals surface area contributed by atoms with E-state index >= 15 is 0 Å². The number of amides is 1. The third-order valence-electron chi connectivity index (χ3n) is 2.14. The molecule has 0 aliphatic heterocycles. The Morgan fingerprint density at radius 1 is 1.50 bits per heavy atom. The Hall–Kier alpha value is -1.62. The molecule has 16 heavy (non-hydrogen) atoms. The highest BCUT2D eigenvalue weighted by Crippen LogP contribution is 2.15. The number of aliphatic hydroxyl groups is 1. The second-order valence-corrected chi connectivity index (χ2v) is 3.39. The first-order valence-electron chi connectivity index (χ1n) is 5.24. The van der Waals surface area contributed by atoms with Gasteiger partial charge >= 0.3 is 0 Å². The van der Waals surface area contributed by atoms with Gasteiger partial charge in [-0.05, 0) is 18.6 Å². The van der Waals surface area contributed by atoms with E-state index in [2.05, 4.69) is 4.98 Å². The minimum Gasteiger partial charge on any atom is -0.505 e. The first-order valence-corrected chi connectivity index (χ1v) is 5.24. The van der Waals surface area contributed by atoms with Gasteiger partial charge in [0.05, 0.1) is 6.61 Å². The van der Waals surface area contributed by atoms with Gasteiger partial charge in [-0.3, -0.25) is 4.79 Å². The zero-order chi connectivity index (χ0) is 12.0. The van der Waals surface area contributed by atoms with Crippen LogP contribution in [0.3, 0.4) is 0 Å². The Bertz CT molecular complexity index is 349. The van der Waals surface area contributed by atoms with Crippen LogP contribution in [-0.4, -0.2) is 45.7 Å². The summed E-state index contributed by atoms with van der Waals surface area (Å²) < 4.78 is 0. The van der Waals surface area contributed by atoms with E-state index < -0.39 is 0 Å². The van der Waals surface area contributed by atoms with E-state index in [0.717, 1.165) is 6.42 Å². The van der Waals surface area contributed by atoms with Crippen molar-refractivity contribution in [2.75, 3.05) is 19.7 Å². The molecule has 0 aliphatic rings. The van der Waals surface area contributed by atoms with Crippen molar-refractivity contribution in [2.45, 2.75) is 13.3 Å². The molecule has 0 saturated heterocycles. The molecule has 0 aromatic carbocycles. The first kappa shape index (κ1) is 12.4. The number of carbonyl (C=O) groups excluding carboxylic acids is 1. The number of hydrogen-bond donors (Lipinski definition) is 2. The van der Waals surface area contributed by atoms with Gasteiger partial charge in [-0.15, -0.1) is 0 Å². The molecule has 0 saturated carbocycles. The van der Waals surface area contributed by atoms with Crippen LogP contribution in [0.25, 0.3) is 0 Å². The number of nitrogens with zero attached hydrogens (tertiary/aromatic N) is 2. The minimum absolute atomic E-state index is 0.0319. The molecule has 1 rings (SSSR count). The molecule has 0 radical (unpaired) electrons. The minimum atomic E-state index is -0.353. The van der Waals surface area contributed by atoms with Gasteiger partial charge in [0.25, 0.3) is 5.91 Å². The fourth-order valence-corrected chi connectivity index (χ4v) is 1.42. The summed E-state index contributed by atoms with van der Waals surface area (Å²) in [6.45, 7) is 2.63. The van der Waals surface area contributed by atoms with E-state index in [1.165, 1.54) is 17.2 Å². The molecule has 0 spiro atoms.